The van der Waals surface area contributed by atoms with E-state index in [0.29, 0.717) is 60.7 Å². The van der Waals surface area contributed by atoms with Crippen LogP contribution in [0.4, 0.5) is 0 Å². The fourth-order valence-corrected chi connectivity index (χ4v) is 8.70. The van der Waals surface area contributed by atoms with Crippen molar-refractivity contribution >= 4 is 221 Å². The molecular formula is C43H103Br3Li6N13O23P14+3. The van der Waals surface area contributed by atoms with Gasteiger partial charge in [-0.2, -0.15) is 4.99 Å². The number of nitrogens with one attached hydrogen (secondary N) is 12. The third kappa shape index (κ3) is 121. The molecule has 572 valence electrons. The van der Waals surface area contributed by atoms with Crippen molar-refractivity contribution in [2.24, 2.45) is 5.73 Å². The molecule has 24 N–H and O–H groups in total. The number of aliphatic hydroxyl groups excluding tert-OH is 1. The average Bonchev–Trinajstić information content (AvgIpc) is 0.921. The number of Topliss-reactive ketones (excluding diaryl/α,β-unsaturated/α-hetero) is 3. The Morgan fingerprint density at radius 3 is 1.07 bits per heavy atom. The standard InChI is InChI=1S/C7H13NO2P2.3C6H14N2O3P2.C6H12N2O2P2.2C3H7NO2P2.2C3H7NO.3BrH.6Li.4H2O/c1-3-7(10)8-5(2)6(9)4-12-11;2*1-3-4(9)7-6(2,11)5(10)8-13-12;1-2-5(10)7-4(3-9)6(11)8-13-12;1-3-5(9)7-4(2)6(10)8-12-11;2*1-2(5)3(6)4-8-7;2*1-2-3(4)5;;;;;;;;;;;;;/h12H,3-4,11H2,1-2H3;2*11,13H,3,12H2,1-2H3,(H,7,9)(H,8,10);4,9,13H,2-3,12H2,1H3,(H,7,10)(H,8,11);12H,2-3,11H2,1H3,(H,7,9)(H,8,10);2*8H,7H2,1H3,(H,4,6);2*2H2,1H3,(H2,4,5);3*1H;;;;;;;4*1H2/q;;;;;;;;;;;;6*+1;;;;/p-3. The largest absolute Gasteiger partial charge is 1.00 e. The minimum atomic E-state index is -1.82. The molecule has 59 heteroatoms. The molecule has 0 aliphatic heterocycles. The van der Waals surface area contributed by atoms with Gasteiger partial charge in [0.2, 0.25) is 70.0 Å². The number of carbonyl (C=O) groups excluding carboxylic acids is 15. The summed E-state index contributed by atoms with van der Waals surface area (Å²) in [6.07, 6.45) is 2.79. The van der Waals surface area contributed by atoms with Gasteiger partial charge >= 0.3 is 119 Å². The zero-order valence-electron chi connectivity index (χ0n) is 60.9. The Kier molecular flexibility index (Phi) is 181. The number of hydrogen-bond donors (Lipinski definition) is 16. The molecule has 0 heterocycles. The molecule has 0 radical (unpaired) electrons. The van der Waals surface area contributed by atoms with Gasteiger partial charge in [-0.25, -0.2) is 4.79 Å². The predicted molar refractivity (Wildman–Crippen MR) is 400 cm³/mol. The second-order valence-corrected chi connectivity index (χ2v) is 26.4. The van der Waals surface area contributed by atoms with Gasteiger partial charge in [0.1, 0.15) is 14.5 Å². The van der Waals surface area contributed by atoms with Gasteiger partial charge in [-0.15, -0.1) is 8.93 Å². The van der Waals surface area contributed by atoms with Crippen molar-refractivity contribution in [3.8, 4) is 0 Å². The Morgan fingerprint density at radius 1 is 0.549 bits per heavy atom. The van der Waals surface area contributed by atoms with Crippen LogP contribution in [-0.4, -0.2) is 167 Å². The number of ketones is 3. The summed E-state index contributed by atoms with van der Waals surface area (Å²) < 4.78 is 0. The van der Waals surface area contributed by atoms with Crippen LogP contribution in [0.5, 0.6) is 0 Å². The summed E-state index contributed by atoms with van der Waals surface area (Å²) in [6.45, 7) is 21.4. The van der Waals surface area contributed by atoms with Crippen molar-refractivity contribution in [1.29, 1.82) is 5.41 Å². The molecule has 36 nitrogen and oxygen atoms in total. The number of aliphatic hydroxyl groups is 3. The van der Waals surface area contributed by atoms with Crippen molar-refractivity contribution in [3.63, 3.8) is 0 Å². The molecule has 0 spiro atoms. The minimum absolute atomic E-state index is 0. The van der Waals surface area contributed by atoms with E-state index < -0.39 is 58.6 Å². The first kappa shape index (κ1) is 164. The zero-order valence-corrected chi connectivity index (χ0v) is 81.0. The Balaban J connectivity index is -0.0000000352. The van der Waals surface area contributed by atoms with E-state index in [1.807, 2.05) is 0 Å². The van der Waals surface area contributed by atoms with E-state index in [2.05, 4.69) is 123 Å². The van der Waals surface area contributed by atoms with Crippen molar-refractivity contribution in [2.45, 2.75) is 146 Å². The number of hydrogen-bond acceptors (Lipinski definition) is 21. The molecule has 0 aliphatic rings. The van der Waals surface area contributed by atoms with E-state index in [4.69, 9.17) is 10.5 Å². The summed E-state index contributed by atoms with van der Waals surface area (Å²) in [5.41, 5.74) is 1.56. The van der Waals surface area contributed by atoms with E-state index in [9.17, 15) is 87.2 Å². The van der Waals surface area contributed by atoms with E-state index in [-0.39, 0.29) is 306 Å². The van der Waals surface area contributed by atoms with Crippen LogP contribution in [0.2, 0.25) is 0 Å². The smallest absolute Gasteiger partial charge is 1.00 e. The molecule has 0 aliphatic carbocycles. The van der Waals surface area contributed by atoms with Crippen LogP contribution in [0.15, 0.2) is 12.3 Å². The molecule has 0 aromatic rings. The van der Waals surface area contributed by atoms with E-state index in [0.717, 1.165) is 0 Å². The molecule has 0 saturated heterocycles. The molecule has 12 amide bonds. The third-order valence-electron chi connectivity index (χ3n) is 8.11. The van der Waals surface area contributed by atoms with Crippen LogP contribution in [0.1, 0.15) is 128 Å². The predicted octanol–water partition coefficient (Wildman–Crippen LogP) is -31.3. The van der Waals surface area contributed by atoms with Gasteiger partial charge in [0, 0.05) is 68.0 Å². The Labute approximate surface area is 730 Å². The zero-order chi connectivity index (χ0) is 72.1. The maximum Gasteiger partial charge on any atom is 1.00 e. The molecule has 17 atom stereocenters. The molecule has 0 rings (SSSR count). The summed E-state index contributed by atoms with van der Waals surface area (Å²) in [4.78, 5) is 163. The van der Waals surface area contributed by atoms with Crippen LogP contribution >= 0.6 is 121 Å². The molecule has 0 fully saturated rings. The number of rotatable bonds is 27. The van der Waals surface area contributed by atoms with Crippen molar-refractivity contribution in [2.75, 3.05) is 12.8 Å². The van der Waals surface area contributed by atoms with E-state index >= 15 is 0 Å². The molecule has 102 heavy (non-hydrogen) atoms. The van der Waals surface area contributed by atoms with Gasteiger partial charge in [-0.1, -0.05) is 108 Å². The van der Waals surface area contributed by atoms with Crippen LogP contribution in [0, 0.1) is 5.41 Å². The van der Waals surface area contributed by atoms with Crippen LogP contribution < -0.4 is 232 Å². The SMILES string of the molecule is C=C(NC(=O)CC)C(=O)NPP.CC(=O)C(=O)NPP.CC(=O)C(=O)NP[PH3+].CCC(=N)[O-].CCC(=O)NC(C)(O)C(=O)NPP.CCC(=O)NC(C)(O)C(=O)NPP.CCC(=O)NC(CO)C(=O)NPP.CCC(=O)[NH+]=C(C)C(=O)CPP.CCC(N)=O.O.O.O.[Br-].[Br-].[Br-].[Li+].[Li+].[Li+].[Li+].[Li+].[Li+].[OH-]. The molecule has 0 saturated carbocycles. The first-order valence-electron chi connectivity index (χ1n) is 25.4. The fourth-order valence-electron chi connectivity index (χ4n) is 3.23. The number of primary amides is 1. The minimum Gasteiger partial charge on any atom is -1.00 e. The van der Waals surface area contributed by atoms with Gasteiger partial charge in [0.25, 0.3) is 29.5 Å². The van der Waals surface area contributed by atoms with Crippen LogP contribution in [-0.2, 0) is 71.9 Å². The van der Waals surface area contributed by atoms with E-state index in [1.54, 1.807) is 64.3 Å². The van der Waals surface area contributed by atoms with Crippen molar-refractivity contribution in [1.82, 2.24) is 51.8 Å². The third-order valence-corrected chi connectivity index (χ3v) is 14.2. The number of halogens is 3. The van der Waals surface area contributed by atoms with Crippen LogP contribution in [0.3, 0.4) is 0 Å². The second kappa shape index (κ2) is 112. The molecular weight excluding hydrogens is 1780 g/mol. The maximum absolute atomic E-state index is 11.1. The van der Waals surface area contributed by atoms with Gasteiger partial charge < -0.3 is 151 Å². The topological polar surface area (TPSA) is 648 Å². The number of nitrogens with two attached hydrogens (primary N) is 1. The maximum atomic E-state index is 11.1. The normalized spacial score (nSPS) is 10.5. The van der Waals surface area contributed by atoms with Crippen molar-refractivity contribution in [3.05, 3.63) is 12.3 Å². The molecule has 0 aromatic heterocycles. The van der Waals surface area contributed by atoms with Gasteiger partial charge in [-0.3, -0.25) is 72.2 Å². The number of amides is 12. The quantitative estimate of drug-likeness (QED) is 0.00691. The van der Waals surface area contributed by atoms with Crippen molar-refractivity contribution < 1.29 is 283 Å². The first-order valence-corrected chi connectivity index (χ1v) is 45.8. The Hall–Kier alpha value is 2.49. The summed E-state index contributed by atoms with van der Waals surface area (Å²) >= 11 is 0. The summed E-state index contributed by atoms with van der Waals surface area (Å²) in [5.74, 6) is -5.81. The monoisotopic (exact) mass is 1880 g/mol. The second-order valence-electron chi connectivity index (χ2n) is 15.7. The summed E-state index contributed by atoms with van der Waals surface area (Å²) in [5, 5.41) is 67.1. The summed E-state index contributed by atoms with van der Waals surface area (Å²) in [7, 11) is 17.5. The van der Waals surface area contributed by atoms with Crippen LogP contribution in [0.25, 0.3) is 0 Å². The average molecular weight is 1890 g/mol. The van der Waals surface area contributed by atoms with Gasteiger partial charge in [0.15, 0.2) is 0 Å². The van der Waals surface area contributed by atoms with E-state index in [1.165, 1.54) is 27.7 Å². The fraction of sp³-hybridized carbons (Fsp3) is 0.558. The Morgan fingerprint density at radius 2 is 0.853 bits per heavy atom. The summed E-state index contributed by atoms with van der Waals surface area (Å²) in [6, 6.07) is -0.833. The van der Waals surface area contributed by atoms with Gasteiger partial charge in [-0.05, 0) is 68.3 Å². The number of carbonyl (C=O) groups is 15. The first-order chi connectivity index (χ1) is 41.1. The van der Waals surface area contributed by atoms with Gasteiger partial charge in [0.05, 0.1) is 18.7 Å². The molecule has 17 unspecified atom stereocenters. The molecule has 0 aromatic carbocycles. The Bertz CT molecular complexity index is 2240. The molecule has 0 bridgehead atoms.